The largest absolute Gasteiger partial charge is 0.381 e. The Balaban J connectivity index is 1.56. The first-order valence-corrected chi connectivity index (χ1v) is 9.40. The van der Waals surface area contributed by atoms with Crippen molar-refractivity contribution in [3.05, 3.63) is 35.6 Å². The van der Waals surface area contributed by atoms with Gasteiger partial charge in [-0.15, -0.1) is 0 Å². The molecule has 138 valence electrons. The molecular formula is C20H28FNO3. The highest BCUT2D eigenvalue weighted by Crippen LogP contribution is 2.34. The van der Waals surface area contributed by atoms with E-state index in [1.807, 2.05) is 6.07 Å². The summed E-state index contributed by atoms with van der Waals surface area (Å²) in [6.45, 7) is 1.86. The number of carbonyl (C=O) groups excluding carboxylic acids is 1. The molecule has 1 saturated carbocycles. The van der Waals surface area contributed by atoms with Crippen LogP contribution in [0.5, 0.6) is 0 Å². The highest BCUT2D eigenvalue weighted by molar-refractivity contribution is 5.77. The number of hydrogen-bond acceptors (Lipinski definition) is 3. The van der Waals surface area contributed by atoms with Gasteiger partial charge < -0.3 is 14.8 Å². The molecule has 3 rings (SSSR count). The van der Waals surface area contributed by atoms with Gasteiger partial charge in [0.1, 0.15) is 12.4 Å². The predicted molar refractivity (Wildman–Crippen MR) is 94.0 cm³/mol. The van der Waals surface area contributed by atoms with Gasteiger partial charge in [0.15, 0.2) is 0 Å². The fourth-order valence-corrected chi connectivity index (χ4v) is 3.89. The molecule has 0 bridgehead atoms. The number of ether oxygens (including phenoxy) is 2. The molecule has 1 amide bonds. The Morgan fingerprint density at radius 2 is 2.00 bits per heavy atom. The summed E-state index contributed by atoms with van der Waals surface area (Å²) < 4.78 is 24.9. The van der Waals surface area contributed by atoms with Crippen molar-refractivity contribution >= 4 is 5.91 Å². The second kappa shape index (κ2) is 8.77. The van der Waals surface area contributed by atoms with Crippen molar-refractivity contribution in [3.8, 4) is 0 Å². The van der Waals surface area contributed by atoms with E-state index in [2.05, 4.69) is 5.32 Å². The lowest BCUT2D eigenvalue weighted by Gasteiger charge is -2.38. The van der Waals surface area contributed by atoms with Crippen molar-refractivity contribution < 1.29 is 18.7 Å². The van der Waals surface area contributed by atoms with Gasteiger partial charge in [0, 0.05) is 25.2 Å². The Bertz CT molecular complexity index is 566. The molecule has 1 aromatic carbocycles. The van der Waals surface area contributed by atoms with Crippen LogP contribution in [0.25, 0.3) is 0 Å². The van der Waals surface area contributed by atoms with Crippen molar-refractivity contribution in [2.45, 2.75) is 56.5 Å². The number of carbonyl (C=O) groups is 1. The van der Waals surface area contributed by atoms with Crippen LogP contribution in [0.3, 0.4) is 0 Å². The molecule has 0 aromatic heterocycles. The summed E-state index contributed by atoms with van der Waals surface area (Å²) in [6, 6.07) is 6.71. The quantitative estimate of drug-likeness (QED) is 0.857. The van der Waals surface area contributed by atoms with E-state index in [1.165, 1.54) is 25.3 Å². The molecule has 0 unspecified atom stereocenters. The zero-order chi connectivity index (χ0) is 17.5. The van der Waals surface area contributed by atoms with Gasteiger partial charge >= 0.3 is 0 Å². The first kappa shape index (κ1) is 18.3. The first-order valence-electron chi connectivity index (χ1n) is 9.40. The average molecular weight is 349 g/mol. The van der Waals surface area contributed by atoms with Crippen molar-refractivity contribution in [2.24, 2.45) is 0 Å². The molecule has 5 heteroatoms. The third-order valence-electron chi connectivity index (χ3n) is 5.51. The highest BCUT2D eigenvalue weighted by Gasteiger charge is 2.35. The van der Waals surface area contributed by atoms with Gasteiger partial charge in [-0.05, 0) is 43.4 Å². The summed E-state index contributed by atoms with van der Waals surface area (Å²) in [5.74, 6) is -0.330. The first-order chi connectivity index (χ1) is 12.2. The number of benzene rings is 1. The Kier molecular flexibility index (Phi) is 6.43. The normalized spacial score (nSPS) is 21.0. The van der Waals surface area contributed by atoms with E-state index in [0.29, 0.717) is 19.8 Å². The molecule has 4 nitrogen and oxygen atoms in total. The van der Waals surface area contributed by atoms with E-state index in [4.69, 9.17) is 9.47 Å². The number of rotatable bonds is 6. The van der Waals surface area contributed by atoms with Crippen LogP contribution in [0.1, 0.15) is 50.5 Å². The molecular weight excluding hydrogens is 321 g/mol. The SMILES string of the molecule is O=C(COC1CCCCC1)NCC1(c2cccc(F)c2)CCOCC1. The van der Waals surface area contributed by atoms with E-state index in [-0.39, 0.29) is 29.9 Å². The maximum atomic E-state index is 13.7. The van der Waals surface area contributed by atoms with Gasteiger partial charge in [-0.3, -0.25) is 4.79 Å². The molecule has 0 spiro atoms. The van der Waals surface area contributed by atoms with E-state index in [9.17, 15) is 9.18 Å². The Labute approximate surface area is 149 Å². The van der Waals surface area contributed by atoms with Gasteiger partial charge in [-0.1, -0.05) is 31.4 Å². The number of nitrogens with one attached hydrogen (secondary N) is 1. The maximum Gasteiger partial charge on any atom is 0.246 e. The molecule has 2 aliphatic rings. The van der Waals surface area contributed by atoms with E-state index in [1.54, 1.807) is 12.1 Å². The molecule has 1 saturated heterocycles. The summed E-state index contributed by atoms with van der Waals surface area (Å²) in [4.78, 5) is 12.2. The zero-order valence-corrected chi connectivity index (χ0v) is 14.8. The summed E-state index contributed by atoms with van der Waals surface area (Å²) in [7, 11) is 0. The second-order valence-electron chi connectivity index (χ2n) is 7.25. The van der Waals surface area contributed by atoms with Crippen molar-refractivity contribution in [2.75, 3.05) is 26.4 Å². The van der Waals surface area contributed by atoms with Crippen molar-refractivity contribution in [1.29, 1.82) is 0 Å². The van der Waals surface area contributed by atoms with Crippen LogP contribution >= 0.6 is 0 Å². The van der Waals surface area contributed by atoms with Crippen molar-refractivity contribution in [1.82, 2.24) is 5.32 Å². The molecule has 1 N–H and O–H groups in total. The highest BCUT2D eigenvalue weighted by atomic mass is 19.1. The fourth-order valence-electron chi connectivity index (χ4n) is 3.89. The topological polar surface area (TPSA) is 47.6 Å². The van der Waals surface area contributed by atoms with Gasteiger partial charge in [-0.2, -0.15) is 0 Å². The lowest BCUT2D eigenvalue weighted by molar-refractivity contribution is -0.128. The molecule has 0 radical (unpaired) electrons. The number of amides is 1. The minimum atomic E-state index is -0.263. The lowest BCUT2D eigenvalue weighted by atomic mass is 9.74. The molecule has 1 aromatic rings. The average Bonchev–Trinajstić information content (AvgIpc) is 2.66. The van der Waals surface area contributed by atoms with Crippen LogP contribution in [-0.4, -0.2) is 38.4 Å². The Hall–Kier alpha value is -1.46. The predicted octanol–water partition coefficient (Wildman–Crippen LogP) is 3.34. The maximum absolute atomic E-state index is 13.7. The standard InChI is InChI=1S/C20H28FNO3/c21-17-6-4-5-16(13-17)20(9-11-24-12-10-20)15-22-19(23)14-25-18-7-2-1-3-8-18/h4-6,13,18H,1-3,7-12,14-15H2,(H,22,23). The Morgan fingerprint density at radius 1 is 1.24 bits per heavy atom. The fraction of sp³-hybridized carbons (Fsp3) is 0.650. The lowest BCUT2D eigenvalue weighted by Crippen LogP contribution is -2.45. The zero-order valence-electron chi connectivity index (χ0n) is 14.8. The smallest absolute Gasteiger partial charge is 0.246 e. The molecule has 0 atom stereocenters. The van der Waals surface area contributed by atoms with Crippen LogP contribution in [0, 0.1) is 5.82 Å². The second-order valence-corrected chi connectivity index (χ2v) is 7.25. The summed E-state index contributed by atoms with van der Waals surface area (Å²) >= 11 is 0. The van der Waals surface area contributed by atoms with Crippen LogP contribution in [0.15, 0.2) is 24.3 Å². The van der Waals surface area contributed by atoms with E-state index < -0.39 is 0 Å². The van der Waals surface area contributed by atoms with Crippen LogP contribution < -0.4 is 5.32 Å². The van der Waals surface area contributed by atoms with Crippen LogP contribution in [0.4, 0.5) is 4.39 Å². The monoisotopic (exact) mass is 349 g/mol. The number of hydrogen-bond donors (Lipinski definition) is 1. The van der Waals surface area contributed by atoms with Gasteiger partial charge in [0.05, 0.1) is 6.10 Å². The molecule has 25 heavy (non-hydrogen) atoms. The van der Waals surface area contributed by atoms with E-state index in [0.717, 1.165) is 31.2 Å². The minimum absolute atomic E-state index is 0.0900. The van der Waals surface area contributed by atoms with Gasteiger partial charge in [0.25, 0.3) is 0 Å². The van der Waals surface area contributed by atoms with Gasteiger partial charge in [0.2, 0.25) is 5.91 Å². The summed E-state index contributed by atoms with van der Waals surface area (Å²) in [5, 5.41) is 3.01. The van der Waals surface area contributed by atoms with E-state index >= 15 is 0 Å². The summed E-state index contributed by atoms with van der Waals surface area (Å²) in [6.07, 6.45) is 7.53. The van der Waals surface area contributed by atoms with Crippen molar-refractivity contribution in [3.63, 3.8) is 0 Å². The molecule has 1 heterocycles. The van der Waals surface area contributed by atoms with Crippen LogP contribution in [-0.2, 0) is 19.7 Å². The third-order valence-corrected chi connectivity index (χ3v) is 5.51. The molecule has 2 fully saturated rings. The summed E-state index contributed by atoms with van der Waals surface area (Å²) in [5.41, 5.74) is 0.671. The molecule has 1 aliphatic heterocycles. The van der Waals surface area contributed by atoms with Crippen LogP contribution in [0.2, 0.25) is 0 Å². The third kappa shape index (κ3) is 5.02. The number of halogens is 1. The Morgan fingerprint density at radius 3 is 2.72 bits per heavy atom. The van der Waals surface area contributed by atoms with Gasteiger partial charge in [-0.25, -0.2) is 4.39 Å². The molecule has 1 aliphatic carbocycles. The minimum Gasteiger partial charge on any atom is -0.381 e.